The molecule has 1 aromatic heterocycles. The van der Waals surface area contributed by atoms with Crippen molar-refractivity contribution in [1.29, 1.82) is 0 Å². The van der Waals surface area contributed by atoms with Crippen LogP contribution in [0.15, 0.2) is 46.0 Å². The van der Waals surface area contributed by atoms with Crippen molar-refractivity contribution >= 4 is 26.0 Å². The van der Waals surface area contributed by atoms with Crippen molar-refractivity contribution in [1.82, 2.24) is 14.9 Å². The van der Waals surface area contributed by atoms with Gasteiger partial charge >= 0.3 is 0 Å². The van der Waals surface area contributed by atoms with E-state index < -0.39 is 15.6 Å². The molecule has 0 bridgehead atoms. The van der Waals surface area contributed by atoms with Crippen LogP contribution in [0.3, 0.4) is 0 Å². The highest BCUT2D eigenvalue weighted by Crippen LogP contribution is 2.24. The van der Waals surface area contributed by atoms with Crippen LogP contribution in [0, 0.1) is 0 Å². The summed E-state index contributed by atoms with van der Waals surface area (Å²) in [7, 11) is -3.59. The Kier molecular flexibility index (Phi) is 3.80. The van der Waals surface area contributed by atoms with Gasteiger partial charge in [-0.2, -0.15) is 5.10 Å². The minimum absolute atomic E-state index is 0.123. The van der Waals surface area contributed by atoms with Gasteiger partial charge in [0, 0.05) is 10.7 Å². The molecule has 0 unspecified atom stereocenters. The van der Waals surface area contributed by atoms with Crippen molar-refractivity contribution in [2.45, 2.75) is 24.3 Å². The lowest BCUT2D eigenvalue weighted by molar-refractivity contribution is 0.472. The number of nitrogens with zero attached hydrogens (tertiary/aromatic N) is 1. The molecule has 0 spiro atoms. The van der Waals surface area contributed by atoms with E-state index in [1.165, 1.54) is 12.4 Å². The van der Waals surface area contributed by atoms with Gasteiger partial charge in [-0.15, -0.1) is 0 Å². The number of halogens is 1. The van der Waals surface area contributed by atoms with E-state index in [1.807, 2.05) is 38.1 Å². The van der Waals surface area contributed by atoms with E-state index >= 15 is 0 Å². The van der Waals surface area contributed by atoms with E-state index in [-0.39, 0.29) is 4.90 Å². The Morgan fingerprint density at radius 2 is 1.89 bits per heavy atom. The number of aromatic amines is 1. The number of aromatic nitrogens is 2. The summed E-state index contributed by atoms with van der Waals surface area (Å²) in [4.78, 5) is 0.123. The van der Waals surface area contributed by atoms with Crippen LogP contribution in [0.25, 0.3) is 0 Å². The van der Waals surface area contributed by atoms with Crippen molar-refractivity contribution in [2.75, 3.05) is 0 Å². The topological polar surface area (TPSA) is 74.8 Å². The summed E-state index contributed by atoms with van der Waals surface area (Å²) in [5, 5.41) is 6.15. The van der Waals surface area contributed by atoms with E-state index in [9.17, 15) is 8.42 Å². The first-order valence-electron chi connectivity index (χ1n) is 5.60. The zero-order valence-corrected chi connectivity index (χ0v) is 12.9. The average molecular weight is 344 g/mol. The van der Waals surface area contributed by atoms with Crippen LogP contribution in [0.2, 0.25) is 0 Å². The molecule has 0 radical (unpaired) electrons. The quantitative estimate of drug-likeness (QED) is 0.894. The molecule has 0 saturated carbocycles. The van der Waals surface area contributed by atoms with Crippen LogP contribution in [0.4, 0.5) is 0 Å². The van der Waals surface area contributed by atoms with Gasteiger partial charge in [-0.05, 0) is 31.5 Å². The number of sulfonamides is 1. The van der Waals surface area contributed by atoms with E-state index in [0.717, 1.165) is 10.0 Å². The van der Waals surface area contributed by atoms with E-state index in [4.69, 9.17) is 0 Å². The lowest BCUT2D eigenvalue weighted by atomic mass is 9.96. The van der Waals surface area contributed by atoms with Crippen LogP contribution < -0.4 is 4.72 Å². The molecule has 0 saturated heterocycles. The van der Waals surface area contributed by atoms with Crippen molar-refractivity contribution < 1.29 is 8.42 Å². The second-order valence-corrected chi connectivity index (χ2v) is 7.27. The van der Waals surface area contributed by atoms with Gasteiger partial charge in [0.1, 0.15) is 4.90 Å². The molecule has 0 aliphatic heterocycles. The molecule has 0 atom stereocenters. The minimum atomic E-state index is -3.59. The zero-order valence-electron chi connectivity index (χ0n) is 10.5. The monoisotopic (exact) mass is 343 g/mol. The Morgan fingerprint density at radius 3 is 2.42 bits per heavy atom. The number of nitrogens with one attached hydrogen (secondary N) is 2. The van der Waals surface area contributed by atoms with Crippen LogP contribution in [0.1, 0.15) is 19.4 Å². The van der Waals surface area contributed by atoms with Crippen molar-refractivity contribution in [3.05, 3.63) is 46.7 Å². The Labute approximate surface area is 120 Å². The van der Waals surface area contributed by atoms with E-state index in [0.29, 0.717) is 0 Å². The lowest BCUT2D eigenvalue weighted by Crippen LogP contribution is -2.40. The predicted octanol–water partition coefficient (Wildman–Crippen LogP) is 2.39. The highest BCUT2D eigenvalue weighted by Gasteiger charge is 2.28. The second-order valence-electron chi connectivity index (χ2n) is 4.67. The highest BCUT2D eigenvalue weighted by molar-refractivity contribution is 9.10. The maximum absolute atomic E-state index is 12.2. The number of hydrogen-bond donors (Lipinski definition) is 2. The molecule has 2 rings (SSSR count). The summed E-state index contributed by atoms with van der Waals surface area (Å²) in [5.74, 6) is 0. The first kappa shape index (κ1) is 14.2. The summed E-state index contributed by atoms with van der Waals surface area (Å²) < 4.78 is 28.0. The summed E-state index contributed by atoms with van der Waals surface area (Å²) in [5.41, 5.74) is 0.166. The molecule has 0 fully saturated rings. The number of hydrogen-bond acceptors (Lipinski definition) is 3. The van der Waals surface area contributed by atoms with Crippen LogP contribution in [-0.2, 0) is 15.6 Å². The first-order chi connectivity index (χ1) is 8.81. The van der Waals surface area contributed by atoms with E-state index in [2.05, 4.69) is 30.8 Å². The molecule has 1 aromatic carbocycles. The van der Waals surface area contributed by atoms with Crippen LogP contribution in [0.5, 0.6) is 0 Å². The molecule has 2 aromatic rings. The van der Waals surface area contributed by atoms with Gasteiger partial charge in [-0.1, -0.05) is 28.1 Å². The summed E-state index contributed by atoms with van der Waals surface area (Å²) in [6.45, 7) is 3.63. The third-order valence-corrected chi connectivity index (χ3v) is 4.89. The maximum atomic E-state index is 12.2. The van der Waals surface area contributed by atoms with Crippen molar-refractivity contribution in [3.8, 4) is 0 Å². The number of rotatable bonds is 4. The molecule has 0 amide bonds. The van der Waals surface area contributed by atoms with Gasteiger partial charge in [-0.25, -0.2) is 13.1 Å². The molecule has 19 heavy (non-hydrogen) atoms. The molecule has 0 aliphatic carbocycles. The SMILES string of the molecule is CC(C)(NS(=O)(=O)c1cn[nH]c1)c1ccc(Br)cc1. The predicted molar refractivity (Wildman–Crippen MR) is 76.1 cm³/mol. The van der Waals surface area contributed by atoms with Gasteiger partial charge in [0.2, 0.25) is 10.0 Å². The Balaban J connectivity index is 2.29. The highest BCUT2D eigenvalue weighted by atomic mass is 79.9. The molecule has 0 aliphatic rings. The minimum Gasteiger partial charge on any atom is -0.284 e. The average Bonchev–Trinajstić information content (AvgIpc) is 2.82. The normalized spacial score (nSPS) is 12.6. The smallest absolute Gasteiger partial charge is 0.244 e. The molecular weight excluding hydrogens is 330 g/mol. The standard InChI is InChI=1S/C12H14BrN3O2S/c1-12(2,9-3-5-10(13)6-4-9)16-19(17,18)11-7-14-15-8-11/h3-8,16H,1-2H3,(H,14,15). The fourth-order valence-electron chi connectivity index (χ4n) is 1.71. The zero-order chi connectivity index (χ0) is 14.1. The Morgan fingerprint density at radius 1 is 1.26 bits per heavy atom. The van der Waals surface area contributed by atoms with Crippen molar-refractivity contribution in [2.24, 2.45) is 0 Å². The Hall–Kier alpha value is -1.18. The maximum Gasteiger partial charge on any atom is 0.244 e. The van der Waals surface area contributed by atoms with Crippen LogP contribution in [-0.4, -0.2) is 18.6 Å². The fraction of sp³-hybridized carbons (Fsp3) is 0.250. The number of H-pyrrole nitrogens is 1. The largest absolute Gasteiger partial charge is 0.284 e. The fourth-order valence-corrected chi connectivity index (χ4v) is 3.28. The molecule has 102 valence electrons. The summed E-state index contributed by atoms with van der Waals surface area (Å²) >= 11 is 3.35. The van der Waals surface area contributed by atoms with Gasteiger partial charge in [0.05, 0.1) is 11.7 Å². The molecule has 7 heteroatoms. The lowest BCUT2D eigenvalue weighted by Gasteiger charge is -2.26. The van der Waals surface area contributed by atoms with Gasteiger partial charge < -0.3 is 0 Å². The Bertz CT molecular complexity index is 649. The third-order valence-electron chi connectivity index (χ3n) is 2.74. The summed E-state index contributed by atoms with van der Waals surface area (Å²) in [6, 6.07) is 7.51. The van der Waals surface area contributed by atoms with Gasteiger partial charge in [-0.3, -0.25) is 5.10 Å². The van der Waals surface area contributed by atoms with Crippen LogP contribution >= 0.6 is 15.9 Å². The first-order valence-corrected chi connectivity index (χ1v) is 7.88. The third kappa shape index (κ3) is 3.23. The molecule has 2 N–H and O–H groups in total. The van der Waals surface area contributed by atoms with E-state index in [1.54, 1.807) is 0 Å². The summed E-state index contributed by atoms with van der Waals surface area (Å²) in [6.07, 6.45) is 2.62. The van der Waals surface area contributed by atoms with Crippen molar-refractivity contribution in [3.63, 3.8) is 0 Å². The van der Waals surface area contributed by atoms with Gasteiger partial charge in [0.15, 0.2) is 0 Å². The second kappa shape index (κ2) is 5.07. The molecular formula is C12H14BrN3O2S. The molecule has 1 heterocycles. The van der Waals surface area contributed by atoms with Gasteiger partial charge in [0.25, 0.3) is 0 Å². The molecule has 5 nitrogen and oxygen atoms in total. The number of benzene rings is 1.